The number of sulfonamides is 1. The first kappa shape index (κ1) is 20.7. The van der Waals surface area contributed by atoms with Gasteiger partial charge < -0.3 is 5.32 Å². The molecule has 4 rings (SSSR count). The van der Waals surface area contributed by atoms with Gasteiger partial charge in [-0.2, -0.15) is 0 Å². The molecule has 0 fully saturated rings. The quantitative estimate of drug-likeness (QED) is 0.663. The number of benzene rings is 1. The van der Waals surface area contributed by atoms with Crippen LogP contribution in [0.3, 0.4) is 0 Å². The molecular weight excluding hydrogens is 424 g/mol. The third kappa shape index (κ3) is 3.44. The van der Waals surface area contributed by atoms with Gasteiger partial charge in [0.15, 0.2) is 4.96 Å². The van der Waals surface area contributed by atoms with Crippen LogP contribution in [-0.2, 0) is 22.9 Å². The van der Waals surface area contributed by atoms with Crippen molar-refractivity contribution >= 4 is 37.9 Å². The molecule has 10 heteroatoms. The van der Waals surface area contributed by atoms with Gasteiger partial charge in [-0.15, -0.1) is 11.3 Å². The molecule has 0 aliphatic heterocycles. The second-order valence-corrected chi connectivity index (χ2v) is 10.7. The van der Waals surface area contributed by atoms with E-state index in [1.807, 2.05) is 0 Å². The summed E-state index contributed by atoms with van der Waals surface area (Å²) in [5.41, 5.74) is 1.50. The smallest absolute Gasteiger partial charge is 0.271 e. The molecule has 158 valence electrons. The van der Waals surface area contributed by atoms with Gasteiger partial charge in [0.25, 0.3) is 11.5 Å². The van der Waals surface area contributed by atoms with Crippen molar-refractivity contribution in [1.29, 1.82) is 0 Å². The molecule has 0 saturated heterocycles. The molecule has 8 nitrogen and oxygen atoms in total. The fourth-order valence-electron chi connectivity index (χ4n) is 3.52. The number of nitrogens with one attached hydrogen (secondary N) is 1. The van der Waals surface area contributed by atoms with Crippen LogP contribution in [0.5, 0.6) is 0 Å². The Morgan fingerprint density at radius 1 is 1.23 bits per heavy atom. The predicted molar refractivity (Wildman–Crippen MR) is 116 cm³/mol. The lowest BCUT2D eigenvalue weighted by atomic mass is 10.0. The van der Waals surface area contributed by atoms with Crippen LogP contribution in [0.4, 0.5) is 5.69 Å². The summed E-state index contributed by atoms with van der Waals surface area (Å²) in [4.78, 5) is 32.1. The van der Waals surface area contributed by atoms with E-state index in [0.717, 1.165) is 40.6 Å². The second kappa shape index (κ2) is 7.60. The van der Waals surface area contributed by atoms with Crippen LogP contribution in [0.1, 0.15) is 39.3 Å². The van der Waals surface area contributed by atoms with Gasteiger partial charge in [-0.3, -0.25) is 14.0 Å². The zero-order valence-electron chi connectivity index (χ0n) is 16.9. The predicted octanol–water partition coefficient (Wildman–Crippen LogP) is 2.45. The van der Waals surface area contributed by atoms with Gasteiger partial charge in [-0.25, -0.2) is 17.7 Å². The van der Waals surface area contributed by atoms with Gasteiger partial charge in [-0.1, -0.05) is 6.07 Å². The highest BCUT2D eigenvalue weighted by atomic mass is 32.2. The summed E-state index contributed by atoms with van der Waals surface area (Å²) in [5.74, 6) is -0.611. The summed E-state index contributed by atoms with van der Waals surface area (Å²) in [6.07, 6.45) is 5.12. The molecule has 0 radical (unpaired) electrons. The van der Waals surface area contributed by atoms with Gasteiger partial charge >= 0.3 is 0 Å². The van der Waals surface area contributed by atoms with E-state index >= 15 is 0 Å². The highest BCUT2D eigenvalue weighted by molar-refractivity contribution is 7.89. The number of carbonyl (C=O) groups is 1. The lowest BCUT2D eigenvalue weighted by molar-refractivity contribution is 0.102. The number of fused-ring (bicyclic) bond motifs is 3. The van der Waals surface area contributed by atoms with E-state index in [1.165, 1.54) is 43.8 Å². The normalized spacial score (nSPS) is 14.1. The van der Waals surface area contributed by atoms with E-state index < -0.39 is 21.5 Å². The summed E-state index contributed by atoms with van der Waals surface area (Å²) < 4.78 is 27.5. The molecule has 0 saturated carbocycles. The van der Waals surface area contributed by atoms with E-state index in [0.29, 0.717) is 16.2 Å². The first-order valence-corrected chi connectivity index (χ1v) is 11.8. The Bertz CT molecular complexity index is 1320. The molecule has 1 aromatic carbocycles. The second-order valence-electron chi connectivity index (χ2n) is 7.49. The van der Waals surface area contributed by atoms with Crippen LogP contribution in [0.15, 0.2) is 34.1 Å². The van der Waals surface area contributed by atoms with Gasteiger partial charge in [0.1, 0.15) is 5.56 Å². The summed E-state index contributed by atoms with van der Waals surface area (Å²) in [6, 6.07) is 4.51. The Morgan fingerprint density at radius 3 is 2.70 bits per heavy atom. The van der Waals surface area contributed by atoms with Crippen molar-refractivity contribution in [2.24, 2.45) is 0 Å². The number of nitrogens with zero attached hydrogens (tertiary/aromatic N) is 3. The first-order chi connectivity index (χ1) is 14.2. The van der Waals surface area contributed by atoms with E-state index in [4.69, 9.17) is 0 Å². The standard InChI is InChI=1S/C20H22N4O4S2/c1-12-8-9-13(30(27,28)23(2)3)10-15(12)22-18(25)14-11-21-20-24(19(14)26)16-6-4-5-7-17(16)29-20/h8-11H,4-7H2,1-3H3,(H,22,25). The van der Waals surface area contributed by atoms with Crippen molar-refractivity contribution in [2.45, 2.75) is 37.5 Å². The lowest BCUT2D eigenvalue weighted by Gasteiger charge is -2.14. The minimum Gasteiger partial charge on any atom is -0.321 e. The maximum atomic E-state index is 13.1. The Balaban J connectivity index is 1.72. The number of hydrogen-bond acceptors (Lipinski definition) is 6. The van der Waals surface area contributed by atoms with Gasteiger partial charge in [-0.05, 0) is 50.3 Å². The van der Waals surface area contributed by atoms with Gasteiger partial charge in [0, 0.05) is 36.6 Å². The Kier molecular flexibility index (Phi) is 5.25. The van der Waals surface area contributed by atoms with E-state index in [9.17, 15) is 18.0 Å². The summed E-state index contributed by atoms with van der Waals surface area (Å²) in [5, 5.41) is 2.68. The fourth-order valence-corrected chi connectivity index (χ4v) is 5.62. The SMILES string of the molecule is Cc1ccc(S(=O)(=O)N(C)C)cc1NC(=O)c1cnc2sc3c(n2c1=O)CCCC3. The molecule has 0 bridgehead atoms. The Hall–Kier alpha value is -2.56. The molecule has 0 atom stereocenters. The third-order valence-electron chi connectivity index (χ3n) is 5.28. The number of aromatic nitrogens is 2. The molecule has 2 heterocycles. The number of thiazole rings is 1. The number of hydrogen-bond donors (Lipinski definition) is 1. The largest absolute Gasteiger partial charge is 0.321 e. The van der Waals surface area contributed by atoms with Crippen LogP contribution in [0.2, 0.25) is 0 Å². The molecular formula is C20H22N4O4S2. The van der Waals surface area contributed by atoms with Crippen molar-refractivity contribution in [3.05, 3.63) is 56.4 Å². The van der Waals surface area contributed by atoms with Crippen LogP contribution in [0, 0.1) is 6.92 Å². The van der Waals surface area contributed by atoms with Crippen molar-refractivity contribution in [3.63, 3.8) is 0 Å². The highest BCUT2D eigenvalue weighted by Gasteiger charge is 2.23. The molecule has 3 aromatic rings. The van der Waals surface area contributed by atoms with Crippen LogP contribution < -0.4 is 10.9 Å². The maximum absolute atomic E-state index is 13.1. The fraction of sp³-hybridized carbons (Fsp3) is 0.350. The average molecular weight is 447 g/mol. The average Bonchev–Trinajstić information content (AvgIpc) is 3.09. The summed E-state index contributed by atoms with van der Waals surface area (Å²) in [6.45, 7) is 1.76. The van der Waals surface area contributed by atoms with Gasteiger partial charge in [0.05, 0.1) is 4.90 Å². The molecule has 30 heavy (non-hydrogen) atoms. The van der Waals surface area contributed by atoms with Crippen LogP contribution in [-0.4, -0.2) is 42.1 Å². The molecule has 1 aliphatic carbocycles. The molecule has 1 aliphatic rings. The number of amides is 1. The monoisotopic (exact) mass is 446 g/mol. The number of aryl methyl sites for hydroxylation is 3. The minimum absolute atomic E-state index is 0.0607. The zero-order valence-corrected chi connectivity index (χ0v) is 18.6. The first-order valence-electron chi connectivity index (χ1n) is 9.57. The Labute approximate surface area is 178 Å². The number of carbonyl (C=O) groups excluding carboxylic acids is 1. The van der Waals surface area contributed by atoms with Crippen molar-refractivity contribution < 1.29 is 13.2 Å². The van der Waals surface area contributed by atoms with E-state index in [1.54, 1.807) is 17.4 Å². The number of rotatable bonds is 4. The van der Waals surface area contributed by atoms with Crippen molar-refractivity contribution in [3.8, 4) is 0 Å². The van der Waals surface area contributed by atoms with Gasteiger partial charge in [0.2, 0.25) is 10.0 Å². The van der Waals surface area contributed by atoms with Crippen molar-refractivity contribution in [2.75, 3.05) is 19.4 Å². The molecule has 1 amide bonds. The minimum atomic E-state index is -3.65. The van der Waals surface area contributed by atoms with E-state index in [2.05, 4.69) is 10.3 Å². The lowest BCUT2D eigenvalue weighted by Crippen LogP contribution is -2.28. The van der Waals surface area contributed by atoms with Crippen molar-refractivity contribution in [1.82, 2.24) is 13.7 Å². The highest BCUT2D eigenvalue weighted by Crippen LogP contribution is 2.28. The summed E-state index contributed by atoms with van der Waals surface area (Å²) in [7, 11) is -0.769. The van der Waals surface area contributed by atoms with Crippen LogP contribution >= 0.6 is 11.3 Å². The van der Waals surface area contributed by atoms with E-state index in [-0.39, 0.29) is 10.5 Å². The molecule has 0 unspecified atom stereocenters. The summed E-state index contributed by atoms with van der Waals surface area (Å²) >= 11 is 1.50. The topological polar surface area (TPSA) is 101 Å². The molecule has 1 N–H and O–H groups in total. The zero-order chi connectivity index (χ0) is 21.6. The Morgan fingerprint density at radius 2 is 1.97 bits per heavy atom. The molecule has 0 spiro atoms. The maximum Gasteiger partial charge on any atom is 0.271 e. The molecule has 2 aromatic heterocycles. The van der Waals surface area contributed by atoms with Crippen LogP contribution in [0.25, 0.3) is 4.96 Å². The number of anilines is 1. The third-order valence-corrected chi connectivity index (χ3v) is 8.25.